The maximum absolute atomic E-state index is 12.0. The lowest BCUT2D eigenvalue weighted by Crippen LogP contribution is -2.51. The van der Waals surface area contributed by atoms with E-state index in [2.05, 4.69) is 0 Å². The van der Waals surface area contributed by atoms with Crippen LogP contribution in [0.25, 0.3) is 0 Å². The number of aryl methyl sites for hydroxylation is 1. The van der Waals surface area contributed by atoms with E-state index >= 15 is 0 Å². The van der Waals surface area contributed by atoms with Crippen molar-refractivity contribution in [2.45, 2.75) is 39.7 Å². The third-order valence-corrected chi connectivity index (χ3v) is 3.86. The molecule has 116 valence electrons. The van der Waals surface area contributed by atoms with Gasteiger partial charge in [0.15, 0.2) is 0 Å². The van der Waals surface area contributed by atoms with E-state index in [1.165, 1.54) is 25.8 Å². The summed E-state index contributed by atoms with van der Waals surface area (Å²) in [6.45, 7) is 7.18. The Labute approximate surface area is 125 Å². The topological polar surface area (TPSA) is 66.8 Å². The third-order valence-electron chi connectivity index (χ3n) is 3.86. The second kappa shape index (κ2) is 6.61. The Morgan fingerprint density at radius 3 is 2.48 bits per heavy atom. The van der Waals surface area contributed by atoms with E-state index in [9.17, 15) is 9.59 Å². The van der Waals surface area contributed by atoms with Gasteiger partial charge in [0.2, 0.25) is 5.91 Å². The summed E-state index contributed by atoms with van der Waals surface area (Å²) in [7, 11) is 1.49. The Balaban J connectivity index is 2.58. The standard InChI is InChI=1S/C16H23NO4/c1-11-7-6-8-13(12(11)2)21-10-9-14(18)17(5)16(3,4)15(19)20/h6-8H,9-10H2,1-5H3,(H,19,20). The molecule has 0 aliphatic carbocycles. The predicted molar refractivity (Wildman–Crippen MR) is 80.5 cm³/mol. The van der Waals surface area contributed by atoms with Crippen LogP contribution in [-0.2, 0) is 9.59 Å². The van der Waals surface area contributed by atoms with Crippen LogP contribution >= 0.6 is 0 Å². The van der Waals surface area contributed by atoms with E-state index in [0.717, 1.165) is 16.9 Å². The number of benzene rings is 1. The fraction of sp³-hybridized carbons (Fsp3) is 0.500. The Kier molecular flexibility index (Phi) is 5.35. The quantitative estimate of drug-likeness (QED) is 0.874. The van der Waals surface area contributed by atoms with Crippen LogP contribution < -0.4 is 4.74 Å². The molecule has 0 heterocycles. The molecule has 21 heavy (non-hydrogen) atoms. The maximum Gasteiger partial charge on any atom is 0.329 e. The van der Waals surface area contributed by atoms with Crippen LogP contribution in [-0.4, -0.2) is 41.1 Å². The second-order valence-electron chi connectivity index (χ2n) is 5.61. The van der Waals surface area contributed by atoms with E-state index in [0.29, 0.717) is 0 Å². The number of aliphatic carboxylic acids is 1. The molecule has 0 saturated heterocycles. The summed E-state index contributed by atoms with van der Waals surface area (Å²) in [6.07, 6.45) is 0.139. The summed E-state index contributed by atoms with van der Waals surface area (Å²) in [4.78, 5) is 24.4. The van der Waals surface area contributed by atoms with Gasteiger partial charge in [-0.25, -0.2) is 4.79 Å². The molecule has 0 spiro atoms. The van der Waals surface area contributed by atoms with Crippen LogP contribution in [0.3, 0.4) is 0 Å². The lowest BCUT2D eigenvalue weighted by Gasteiger charge is -2.31. The Morgan fingerprint density at radius 1 is 1.29 bits per heavy atom. The number of carbonyl (C=O) groups excluding carboxylic acids is 1. The van der Waals surface area contributed by atoms with E-state index < -0.39 is 11.5 Å². The van der Waals surface area contributed by atoms with Crippen LogP contribution in [0.1, 0.15) is 31.4 Å². The van der Waals surface area contributed by atoms with Gasteiger partial charge in [-0.3, -0.25) is 4.79 Å². The van der Waals surface area contributed by atoms with Gasteiger partial charge in [0.05, 0.1) is 13.0 Å². The van der Waals surface area contributed by atoms with Crippen molar-refractivity contribution in [3.05, 3.63) is 29.3 Å². The molecule has 0 aliphatic rings. The van der Waals surface area contributed by atoms with Crippen molar-refractivity contribution in [3.63, 3.8) is 0 Å². The highest BCUT2D eigenvalue weighted by Gasteiger charge is 2.34. The highest BCUT2D eigenvalue weighted by molar-refractivity contribution is 5.86. The smallest absolute Gasteiger partial charge is 0.329 e. The minimum absolute atomic E-state index is 0.139. The monoisotopic (exact) mass is 293 g/mol. The van der Waals surface area contributed by atoms with Crippen molar-refractivity contribution < 1.29 is 19.4 Å². The fourth-order valence-corrected chi connectivity index (χ4v) is 1.75. The average molecular weight is 293 g/mol. The molecule has 1 amide bonds. The second-order valence-corrected chi connectivity index (χ2v) is 5.61. The molecule has 0 bridgehead atoms. The fourth-order valence-electron chi connectivity index (χ4n) is 1.75. The number of carboxylic acid groups (broad SMARTS) is 1. The lowest BCUT2D eigenvalue weighted by molar-refractivity contribution is -0.155. The van der Waals surface area contributed by atoms with Gasteiger partial charge in [-0.2, -0.15) is 0 Å². The highest BCUT2D eigenvalue weighted by atomic mass is 16.5. The number of ether oxygens (including phenoxy) is 1. The van der Waals surface area contributed by atoms with Crippen LogP contribution in [0.4, 0.5) is 0 Å². The number of amides is 1. The third kappa shape index (κ3) is 3.97. The first-order chi connectivity index (χ1) is 9.67. The van der Waals surface area contributed by atoms with Crippen molar-refractivity contribution >= 4 is 11.9 Å². The molecule has 1 rings (SSSR count). The summed E-state index contributed by atoms with van der Waals surface area (Å²) in [5, 5.41) is 9.11. The molecule has 0 unspecified atom stereocenters. The minimum Gasteiger partial charge on any atom is -0.493 e. The normalized spacial score (nSPS) is 11.1. The Morgan fingerprint density at radius 2 is 1.90 bits per heavy atom. The molecule has 0 aliphatic heterocycles. The first kappa shape index (κ1) is 17.0. The largest absolute Gasteiger partial charge is 0.493 e. The van der Waals surface area contributed by atoms with Crippen molar-refractivity contribution in [1.29, 1.82) is 0 Å². The average Bonchev–Trinajstić information content (AvgIpc) is 2.42. The summed E-state index contributed by atoms with van der Waals surface area (Å²) in [5.74, 6) is -0.538. The number of hydrogen-bond acceptors (Lipinski definition) is 3. The van der Waals surface area contributed by atoms with Gasteiger partial charge >= 0.3 is 5.97 Å². The molecule has 1 aromatic rings. The molecule has 0 aromatic heterocycles. The molecular formula is C16H23NO4. The Bertz CT molecular complexity index is 537. The number of carbonyl (C=O) groups is 2. The van der Waals surface area contributed by atoms with Gasteiger partial charge in [-0.1, -0.05) is 12.1 Å². The molecule has 5 heteroatoms. The molecule has 0 atom stereocenters. The van der Waals surface area contributed by atoms with Crippen LogP contribution in [0.15, 0.2) is 18.2 Å². The SMILES string of the molecule is Cc1cccc(OCCC(=O)N(C)C(C)(C)C(=O)O)c1C. The number of carboxylic acids is 1. The van der Waals surface area contributed by atoms with Gasteiger partial charge in [0.1, 0.15) is 11.3 Å². The minimum atomic E-state index is -1.23. The van der Waals surface area contributed by atoms with Gasteiger partial charge < -0.3 is 14.7 Å². The summed E-state index contributed by atoms with van der Waals surface area (Å²) in [6, 6.07) is 5.76. The van der Waals surface area contributed by atoms with Gasteiger partial charge in [-0.15, -0.1) is 0 Å². The molecule has 0 saturated carbocycles. The van der Waals surface area contributed by atoms with Gasteiger partial charge in [0, 0.05) is 7.05 Å². The zero-order valence-corrected chi connectivity index (χ0v) is 13.3. The van der Waals surface area contributed by atoms with E-state index in [4.69, 9.17) is 9.84 Å². The summed E-state index contributed by atoms with van der Waals surface area (Å²) in [5.41, 5.74) is 0.947. The van der Waals surface area contributed by atoms with Gasteiger partial charge in [-0.05, 0) is 44.9 Å². The molecule has 0 radical (unpaired) electrons. The van der Waals surface area contributed by atoms with Crippen molar-refractivity contribution in [2.24, 2.45) is 0 Å². The zero-order chi connectivity index (χ0) is 16.2. The van der Waals surface area contributed by atoms with Crippen molar-refractivity contribution in [2.75, 3.05) is 13.7 Å². The maximum atomic E-state index is 12.0. The van der Waals surface area contributed by atoms with Crippen LogP contribution in [0.5, 0.6) is 5.75 Å². The number of nitrogens with zero attached hydrogens (tertiary/aromatic N) is 1. The van der Waals surface area contributed by atoms with Crippen molar-refractivity contribution in [1.82, 2.24) is 4.90 Å². The summed E-state index contributed by atoms with van der Waals surface area (Å²) < 4.78 is 5.62. The van der Waals surface area contributed by atoms with Gasteiger partial charge in [0.25, 0.3) is 0 Å². The molecule has 1 N–H and O–H groups in total. The first-order valence-corrected chi connectivity index (χ1v) is 6.87. The Hall–Kier alpha value is -2.04. The molecule has 5 nitrogen and oxygen atoms in total. The molecule has 1 aromatic carbocycles. The number of hydrogen-bond donors (Lipinski definition) is 1. The predicted octanol–water partition coefficient (Wildman–Crippen LogP) is 2.39. The number of likely N-dealkylation sites (N-methyl/N-ethyl adjacent to an activating group) is 1. The number of rotatable bonds is 6. The zero-order valence-electron chi connectivity index (χ0n) is 13.3. The lowest BCUT2D eigenvalue weighted by atomic mass is 10.0. The molecular weight excluding hydrogens is 270 g/mol. The van der Waals surface area contributed by atoms with Crippen LogP contribution in [0, 0.1) is 13.8 Å². The van der Waals surface area contributed by atoms with E-state index in [1.807, 2.05) is 32.0 Å². The van der Waals surface area contributed by atoms with Crippen LogP contribution in [0.2, 0.25) is 0 Å². The van der Waals surface area contributed by atoms with Crippen molar-refractivity contribution in [3.8, 4) is 5.75 Å². The highest BCUT2D eigenvalue weighted by Crippen LogP contribution is 2.21. The first-order valence-electron chi connectivity index (χ1n) is 6.87. The molecule has 0 fully saturated rings. The van der Waals surface area contributed by atoms with E-state index in [-0.39, 0.29) is 18.9 Å². The van der Waals surface area contributed by atoms with E-state index in [1.54, 1.807) is 0 Å². The summed E-state index contributed by atoms with van der Waals surface area (Å²) >= 11 is 0.